The Hall–Kier alpha value is -3.36. The number of carbonyl (C=O) groups is 1. The number of esters is 1. The minimum Gasteiger partial charge on any atom is -0.464 e. The van der Waals surface area contributed by atoms with Gasteiger partial charge in [0.05, 0.1) is 24.2 Å². The summed E-state index contributed by atoms with van der Waals surface area (Å²) in [7, 11) is 1.36. The van der Waals surface area contributed by atoms with Gasteiger partial charge >= 0.3 is 5.97 Å². The van der Waals surface area contributed by atoms with Crippen molar-refractivity contribution in [1.82, 2.24) is 0 Å². The van der Waals surface area contributed by atoms with Crippen LogP contribution in [0.15, 0.2) is 112 Å². The van der Waals surface area contributed by atoms with E-state index in [2.05, 4.69) is 21.0 Å². The number of methoxy groups -OCH3 is 1. The molecule has 0 bridgehead atoms. The van der Waals surface area contributed by atoms with Crippen LogP contribution in [0.25, 0.3) is 0 Å². The van der Waals surface area contributed by atoms with E-state index in [1.807, 2.05) is 107 Å². The number of hydrogen-bond donors (Lipinski definition) is 0. The number of allylic oxidation sites excluding steroid dienone is 1. The monoisotopic (exact) mass is 518 g/mol. The predicted octanol–water partition coefficient (Wildman–Crippen LogP) is 5.62. The third-order valence-electron chi connectivity index (χ3n) is 5.21. The van der Waals surface area contributed by atoms with Gasteiger partial charge in [-0.3, -0.25) is 0 Å². The molecule has 0 N–H and O–H groups in total. The zero-order valence-electron chi connectivity index (χ0n) is 17.6. The van der Waals surface area contributed by atoms with E-state index in [1.54, 1.807) is 0 Å². The summed E-state index contributed by atoms with van der Waals surface area (Å²) in [6.07, 6.45) is 4.00. The van der Waals surface area contributed by atoms with Crippen molar-refractivity contribution in [2.24, 2.45) is 10.2 Å². The van der Waals surface area contributed by atoms with Crippen LogP contribution in [0.4, 0.5) is 11.4 Å². The molecule has 8 heteroatoms. The molecule has 6 nitrogen and oxygen atoms in total. The maximum Gasteiger partial charge on any atom is 0.365 e. The zero-order valence-corrected chi connectivity index (χ0v) is 20.0. The number of halogens is 1. The van der Waals surface area contributed by atoms with Gasteiger partial charge in [0, 0.05) is 10.0 Å². The zero-order chi connectivity index (χ0) is 22.8. The van der Waals surface area contributed by atoms with Crippen LogP contribution in [0, 0.1) is 0 Å². The summed E-state index contributed by atoms with van der Waals surface area (Å²) >= 11 is 4.79. The van der Waals surface area contributed by atoms with Crippen LogP contribution in [-0.2, 0) is 9.53 Å². The van der Waals surface area contributed by atoms with Gasteiger partial charge in [-0.15, -0.1) is 0 Å². The normalized spacial score (nSPS) is 19.5. The van der Waals surface area contributed by atoms with Gasteiger partial charge in [0.2, 0.25) is 10.0 Å². The lowest BCUT2D eigenvalue weighted by molar-refractivity contribution is -0.132. The molecule has 0 radical (unpaired) electrons. The van der Waals surface area contributed by atoms with E-state index >= 15 is 0 Å². The van der Waals surface area contributed by atoms with Crippen LogP contribution in [0.3, 0.4) is 0 Å². The predicted molar refractivity (Wildman–Crippen MR) is 137 cm³/mol. The van der Waals surface area contributed by atoms with Gasteiger partial charge in [0.15, 0.2) is 0 Å². The van der Waals surface area contributed by atoms with Crippen molar-refractivity contribution >= 4 is 55.8 Å². The molecule has 0 aliphatic carbocycles. The quantitative estimate of drug-likeness (QED) is 0.419. The lowest BCUT2D eigenvalue weighted by Gasteiger charge is -2.43. The van der Waals surface area contributed by atoms with E-state index in [9.17, 15) is 4.79 Å². The number of anilines is 2. The number of para-hydroxylation sites is 1. The summed E-state index contributed by atoms with van der Waals surface area (Å²) in [5.41, 5.74) is 3.49. The second-order valence-electron chi connectivity index (χ2n) is 7.28. The Labute approximate surface area is 204 Å². The Morgan fingerprint density at radius 3 is 2.15 bits per heavy atom. The molecule has 5 rings (SSSR count). The summed E-state index contributed by atoms with van der Waals surface area (Å²) in [6.45, 7) is 0. The average molecular weight is 519 g/mol. The van der Waals surface area contributed by atoms with Crippen molar-refractivity contribution in [2.45, 2.75) is 4.99 Å². The fraction of sp³-hybridized carbons (Fsp3) is 0.0800. The molecule has 164 valence electrons. The van der Waals surface area contributed by atoms with Crippen molar-refractivity contribution in [3.05, 3.63) is 107 Å². The molecule has 2 heterocycles. The van der Waals surface area contributed by atoms with Crippen molar-refractivity contribution in [3.8, 4) is 0 Å². The van der Waals surface area contributed by atoms with Gasteiger partial charge in [-0.25, -0.2) is 14.8 Å². The highest BCUT2D eigenvalue weighted by atomic mass is 79.9. The third-order valence-corrected chi connectivity index (χ3v) is 6.96. The number of nitrogens with zero attached hydrogens (tertiary/aromatic N) is 4. The molecule has 0 aromatic heterocycles. The van der Waals surface area contributed by atoms with Crippen molar-refractivity contribution in [3.63, 3.8) is 0 Å². The van der Waals surface area contributed by atoms with Crippen molar-refractivity contribution in [1.29, 1.82) is 0 Å². The summed E-state index contributed by atoms with van der Waals surface area (Å²) in [5.74, 6) is -0.488. The first kappa shape index (κ1) is 21.5. The molecule has 0 saturated heterocycles. The van der Waals surface area contributed by atoms with E-state index in [4.69, 9.17) is 9.84 Å². The first-order valence-corrected chi connectivity index (χ1v) is 11.8. The van der Waals surface area contributed by atoms with E-state index in [0.717, 1.165) is 27.1 Å². The minimum atomic E-state index is -0.934. The van der Waals surface area contributed by atoms with E-state index < -0.39 is 11.0 Å². The molecule has 33 heavy (non-hydrogen) atoms. The molecular formula is C25H19BrN4O2S. The number of ether oxygens (including phenoxy) is 1. The Morgan fingerprint density at radius 2 is 1.48 bits per heavy atom. The molecule has 1 spiro atoms. The maximum atomic E-state index is 12.5. The molecular weight excluding hydrogens is 500 g/mol. The van der Waals surface area contributed by atoms with Crippen molar-refractivity contribution < 1.29 is 9.53 Å². The Bertz CT molecular complexity index is 1260. The first-order valence-electron chi connectivity index (χ1n) is 10.2. The van der Waals surface area contributed by atoms with E-state index in [0.29, 0.717) is 0 Å². The minimum absolute atomic E-state index is 0.254. The van der Waals surface area contributed by atoms with Gasteiger partial charge in [0.1, 0.15) is 0 Å². The number of hydrazone groups is 2. The second-order valence-corrected chi connectivity index (χ2v) is 9.38. The SMILES string of the molecule is COC(=O)C1=NN(c2ccc(Br)cc2)C2(C=CC(c3ccccc3)=NN2c2ccccc2)S1. The topological polar surface area (TPSA) is 57.5 Å². The number of hydrogen-bond acceptors (Lipinski definition) is 7. The Balaban J connectivity index is 1.67. The van der Waals surface area contributed by atoms with Crippen molar-refractivity contribution in [2.75, 3.05) is 17.1 Å². The van der Waals surface area contributed by atoms with Crippen LogP contribution in [0.2, 0.25) is 0 Å². The summed E-state index contributed by atoms with van der Waals surface area (Å²) in [4.78, 5) is 11.6. The van der Waals surface area contributed by atoms with E-state index in [1.165, 1.54) is 18.9 Å². The van der Waals surface area contributed by atoms with Gasteiger partial charge < -0.3 is 4.74 Å². The molecule has 0 fully saturated rings. The third kappa shape index (κ3) is 3.96. The largest absolute Gasteiger partial charge is 0.464 e. The summed E-state index contributed by atoms with van der Waals surface area (Å²) in [5, 5.41) is 13.7. The number of rotatable bonds is 4. The molecule has 3 aromatic rings. The lowest BCUT2D eigenvalue weighted by atomic mass is 10.1. The fourth-order valence-electron chi connectivity index (χ4n) is 3.65. The van der Waals surface area contributed by atoms with Crippen LogP contribution >= 0.6 is 27.7 Å². The van der Waals surface area contributed by atoms with E-state index in [-0.39, 0.29) is 5.04 Å². The maximum absolute atomic E-state index is 12.5. The lowest BCUT2D eigenvalue weighted by Crippen LogP contribution is -2.53. The van der Waals surface area contributed by atoms with Crippen LogP contribution in [0.1, 0.15) is 5.56 Å². The molecule has 1 atom stereocenters. The van der Waals surface area contributed by atoms with Gasteiger partial charge in [-0.05, 0) is 60.3 Å². The number of carbonyl (C=O) groups excluding carboxylic acids is 1. The highest BCUT2D eigenvalue weighted by Gasteiger charge is 2.51. The van der Waals surface area contributed by atoms with Crippen LogP contribution in [-0.4, -0.2) is 28.8 Å². The molecule has 0 saturated carbocycles. The summed E-state index contributed by atoms with van der Waals surface area (Å²) < 4.78 is 5.95. The molecule has 2 aliphatic heterocycles. The number of benzene rings is 3. The fourth-order valence-corrected chi connectivity index (χ4v) is 5.09. The highest BCUT2D eigenvalue weighted by Crippen LogP contribution is 2.48. The van der Waals surface area contributed by atoms with Gasteiger partial charge in [0.25, 0.3) is 0 Å². The van der Waals surface area contributed by atoms with Gasteiger partial charge in [-0.2, -0.15) is 10.2 Å². The van der Waals surface area contributed by atoms with Crippen LogP contribution in [0.5, 0.6) is 0 Å². The first-order chi connectivity index (χ1) is 16.1. The standard InChI is InChI=1S/C25H19BrN4O2S/c1-32-24(31)23-28-30(21-14-12-19(26)13-15-21)25(33-23)17-16-22(18-8-4-2-5-9-18)27-29(25)20-10-6-3-7-11-20/h2-17H,1H3. The van der Waals surface area contributed by atoms with Crippen LogP contribution < -0.4 is 10.0 Å². The van der Waals surface area contributed by atoms with Gasteiger partial charge in [-0.1, -0.05) is 64.5 Å². The molecule has 2 aliphatic rings. The molecule has 0 amide bonds. The molecule has 1 unspecified atom stereocenters. The second kappa shape index (κ2) is 8.88. The summed E-state index contributed by atoms with van der Waals surface area (Å²) in [6, 6.07) is 27.6. The molecule has 3 aromatic carbocycles. The Morgan fingerprint density at radius 1 is 0.879 bits per heavy atom. The number of thioether (sulfide) groups is 1. The highest BCUT2D eigenvalue weighted by molar-refractivity contribution is 9.10. The Kier molecular flexibility index (Phi) is 5.78. The average Bonchev–Trinajstić information content (AvgIpc) is 3.25. The smallest absolute Gasteiger partial charge is 0.365 e.